The SMILES string of the molecule is COc1cccc(CCS(=O)(=O)N2C(C)CCCC2C)c1. The molecule has 2 unspecified atom stereocenters. The Labute approximate surface area is 128 Å². The molecule has 5 heteroatoms. The number of rotatable bonds is 5. The van der Waals surface area contributed by atoms with Gasteiger partial charge in [-0.15, -0.1) is 0 Å². The molecular weight excluding hydrogens is 286 g/mol. The van der Waals surface area contributed by atoms with Crippen LogP contribution in [-0.4, -0.2) is 37.7 Å². The minimum atomic E-state index is -3.21. The molecule has 1 aliphatic heterocycles. The first-order chi connectivity index (χ1) is 9.94. The predicted octanol–water partition coefficient (Wildman–Crippen LogP) is 2.83. The average Bonchev–Trinajstić information content (AvgIpc) is 2.45. The van der Waals surface area contributed by atoms with Crippen molar-refractivity contribution in [3.8, 4) is 5.75 Å². The second-order valence-electron chi connectivity index (χ2n) is 5.88. The Balaban J connectivity index is 2.06. The van der Waals surface area contributed by atoms with Gasteiger partial charge in [-0.25, -0.2) is 8.42 Å². The molecule has 21 heavy (non-hydrogen) atoms. The number of nitrogens with zero attached hydrogens (tertiary/aromatic N) is 1. The average molecular weight is 311 g/mol. The van der Waals surface area contributed by atoms with Gasteiger partial charge in [-0.2, -0.15) is 4.31 Å². The van der Waals surface area contributed by atoms with Crippen LogP contribution in [0.5, 0.6) is 5.75 Å². The highest BCUT2D eigenvalue weighted by Crippen LogP contribution is 2.26. The first kappa shape index (κ1) is 16.3. The van der Waals surface area contributed by atoms with Gasteiger partial charge in [-0.1, -0.05) is 18.6 Å². The van der Waals surface area contributed by atoms with E-state index in [4.69, 9.17) is 4.74 Å². The van der Waals surface area contributed by atoms with Gasteiger partial charge < -0.3 is 4.74 Å². The Kier molecular flexibility index (Phi) is 5.27. The molecule has 0 aliphatic carbocycles. The van der Waals surface area contributed by atoms with Gasteiger partial charge in [-0.05, 0) is 50.8 Å². The van der Waals surface area contributed by atoms with E-state index in [2.05, 4.69) is 0 Å². The van der Waals surface area contributed by atoms with E-state index in [1.807, 2.05) is 38.1 Å². The number of ether oxygens (including phenoxy) is 1. The molecule has 0 spiro atoms. The highest BCUT2D eigenvalue weighted by molar-refractivity contribution is 7.89. The van der Waals surface area contributed by atoms with Crippen LogP contribution in [0.1, 0.15) is 38.7 Å². The first-order valence-corrected chi connectivity index (χ1v) is 9.19. The summed E-state index contributed by atoms with van der Waals surface area (Å²) in [4.78, 5) is 0. The fraction of sp³-hybridized carbons (Fsp3) is 0.625. The Hall–Kier alpha value is -1.07. The van der Waals surface area contributed by atoms with E-state index in [-0.39, 0.29) is 17.8 Å². The van der Waals surface area contributed by atoms with Crippen LogP contribution in [0.25, 0.3) is 0 Å². The summed E-state index contributed by atoms with van der Waals surface area (Å²) in [5.41, 5.74) is 0.996. The lowest BCUT2D eigenvalue weighted by Gasteiger charge is -2.37. The fourth-order valence-corrected chi connectivity index (χ4v) is 5.14. The first-order valence-electron chi connectivity index (χ1n) is 7.58. The maximum absolute atomic E-state index is 12.6. The maximum Gasteiger partial charge on any atom is 0.214 e. The van der Waals surface area contributed by atoms with Crippen molar-refractivity contribution in [1.82, 2.24) is 4.31 Å². The van der Waals surface area contributed by atoms with Crippen LogP contribution in [0.3, 0.4) is 0 Å². The van der Waals surface area contributed by atoms with E-state index in [1.165, 1.54) is 0 Å². The molecule has 1 saturated heterocycles. The molecule has 1 aliphatic rings. The molecule has 118 valence electrons. The molecule has 0 N–H and O–H groups in total. The van der Waals surface area contributed by atoms with Crippen molar-refractivity contribution in [2.75, 3.05) is 12.9 Å². The molecule has 1 heterocycles. The molecule has 4 nitrogen and oxygen atoms in total. The quantitative estimate of drug-likeness (QED) is 0.840. The van der Waals surface area contributed by atoms with Crippen molar-refractivity contribution in [3.05, 3.63) is 29.8 Å². The monoisotopic (exact) mass is 311 g/mol. The van der Waals surface area contributed by atoms with Crippen LogP contribution < -0.4 is 4.74 Å². The number of benzene rings is 1. The molecule has 0 aromatic heterocycles. The van der Waals surface area contributed by atoms with Gasteiger partial charge in [0.25, 0.3) is 0 Å². The van der Waals surface area contributed by atoms with E-state index in [9.17, 15) is 8.42 Å². The number of piperidine rings is 1. The summed E-state index contributed by atoms with van der Waals surface area (Å²) in [5.74, 6) is 0.930. The molecule has 1 aromatic rings. The third-order valence-electron chi connectivity index (χ3n) is 4.22. The van der Waals surface area contributed by atoms with Gasteiger partial charge in [-0.3, -0.25) is 0 Å². The number of sulfonamides is 1. The Morgan fingerprint density at radius 3 is 2.52 bits per heavy atom. The number of hydrogen-bond acceptors (Lipinski definition) is 3. The summed E-state index contributed by atoms with van der Waals surface area (Å²) in [5, 5.41) is 0. The van der Waals surface area contributed by atoms with Crippen LogP contribution >= 0.6 is 0 Å². The molecule has 0 bridgehead atoms. The zero-order valence-corrected chi connectivity index (χ0v) is 13.9. The van der Waals surface area contributed by atoms with Gasteiger partial charge in [0.05, 0.1) is 12.9 Å². The molecule has 1 fully saturated rings. The van der Waals surface area contributed by atoms with E-state index >= 15 is 0 Å². The van der Waals surface area contributed by atoms with E-state index in [1.54, 1.807) is 11.4 Å². The smallest absolute Gasteiger partial charge is 0.214 e. The highest BCUT2D eigenvalue weighted by atomic mass is 32.2. The molecule has 1 aromatic carbocycles. The summed E-state index contributed by atoms with van der Waals surface area (Å²) < 4.78 is 32.2. The lowest BCUT2D eigenvalue weighted by Crippen LogP contribution is -2.48. The third-order valence-corrected chi connectivity index (χ3v) is 6.30. The van der Waals surface area contributed by atoms with Crippen molar-refractivity contribution in [1.29, 1.82) is 0 Å². The minimum Gasteiger partial charge on any atom is -0.497 e. The fourth-order valence-electron chi connectivity index (χ4n) is 3.13. The lowest BCUT2D eigenvalue weighted by atomic mass is 10.0. The van der Waals surface area contributed by atoms with Gasteiger partial charge in [0.15, 0.2) is 0 Å². The van der Waals surface area contributed by atoms with Crippen molar-refractivity contribution in [2.24, 2.45) is 0 Å². The Morgan fingerprint density at radius 2 is 1.90 bits per heavy atom. The van der Waals surface area contributed by atoms with E-state index < -0.39 is 10.0 Å². The number of aryl methyl sites for hydroxylation is 1. The van der Waals surface area contributed by atoms with Crippen molar-refractivity contribution in [3.63, 3.8) is 0 Å². The number of methoxy groups -OCH3 is 1. The molecule has 0 amide bonds. The van der Waals surface area contributed by atoms with Crippen LogP contribution in [0, 0.1) is 0 Å². The predicted molar refractivity (Wildman–Crippen MR) is 85.1 cm³/mol. The normalized spacial score (nSPS) is 24.0. The van der Waals surface area contributed by atoms with Crippen molar-refractivity contribution >= 4 is 10.0 Å². The summed E-state index contributed by atoms with van der Waals surface area (Å²) in [6.07, 6.45) is 3.56. The third kappa shape index (κ3) is 3.98. The Morgan fingerprint density at radius 1 is 1.24 bits per heavy atom. The Bertz CT molecular complexity index is 561. The van der Waals surface area contributed by atoms with Gasteiger partial charge in [0, 0.05) is 12.1 Å². The topological polar surface area (TPSA) is 46.6 Å². The molecule has 0 radical (unpaired) electrons. The van der Waals surface area contributed by atoms with Crippen LogP contribution in [0.15, 0.2) is 24.3 Å². The summed E-state index contributed by atoms with van der Waals surface area (Å²) in [6, 6.07) is 7.84. The molecule has 2 atom stereocenters. The largest absolute Gasteiger partial charge is 0.497 e. The number of hydrogen-bond donors (Lipinski definition) is 0. The highest BCUT2D eigenvalue weighted by Gasteiger charge is 2.34. The second-order valence-corrected chi connectivity index (χ2v) is 7.87. The van der Waals surface area contributed by atoms with Crippen molar-refractivity contribution in [2.45, 2.75) is 51.6 Å². The lowest BCUT2D eigenvalue weighted by molar-refractivity contribution is 0.204. The van der Waals surface area contributed by atoms with Crippen LogP contribution in [-0.2, 0) is 16.4 Å². The maximum atomic E-state index is 12.6. The van der Waals surface area contributed by atoms with Gasteiger partial charge >= 0.3 is 0 Å². The van der Waals surface area contributed by atoms with Crippen LogP contribution in [0.4, 0.5) is 0 Å². The summed E-state index contributed by atoms with van der Waals surface area (Å²) in [7, 11) is -1.59. The minimum absolute atomic E-state index is 0.115. The zero-order chi connectivity index (χ0) is 15.5. The molecule has 2 rings (SSSR count). The standard InChI is InChI=1S/C16H25NO3S/c1-13-6-4-7-14(2)17(13)21(18,19)11-10-15-8-5-9-16(12-15)20-3/h5,8-9,12-14H,4,6-7,10-11H2,1-3H3. The van der Waals surface area contributed by atoms with E-state index in [0.29, 0.717) is 6.42 Å². The van der Waals surface area contributed by atoms with Crippen LogP contribution in [0.2, 0.25) is 0 Å². The summed E-state index contributed by atoms with van der Waals surface area (Å²) in [6.45, 7) is 4.03. The summed E-state index contributed by atoms with van der Waals surface area (Å²) >= 11 is 0. The molecule has 0 saturated carbocycles. The van der Waals surface area contributed by atoms with Gasteiger partial charge in [0.1, 0.15) is 5.75 Å². The van der Waals surface area contributed by atoms with E-state index in [0.717, 1.165) is 30.6 Å². The molecular formula is C16H25NO3S. The zero-order valence-electron chi connectivity index (χ0n) is 13.1. The van der Waals surface area contributed by atoms with Crippen molar-refractivity contribution < 1.29 is 13.2 Å². The van der Waals surface area contributed by atoms with Gasteiger partial charge in [0.2, 0.25) is 10.0 Å². The second kappa shape index (κ2) is 6.79.